The second-order valence-electron chi connectivity index (χ2n) is 5.43. The molecule has 0 saturated carbocycles. The number of carbonyl (C=O) groups excluding carboxylic acids is 1. The molecule has 1 aliphatic heterocycles. The van der Waals surface area contributed by atoms with Crippen LogP contribution in [0.2, 0.25) is 0 Å². The van der Waals surface area contributed by atoms with Gasteiger partial charge < -0.3 is 10.0 Å². The molecule has 1 N–H and O–H groups in total. The average Bonchev–Trinajstić information content (AvgIpc) is 2.40. The molecule has 1 amide bonds. The summed E-state index contributed by atoms with van der Waals surface area (Å²) in [5, 5.41) is 9.06. The first-order valence-electron chi connectivity index (χ1n) is 6.68. The summed E-state index contributed by atoms with van der Waals surface area (Å²) in [5.74, 6) is -1.95. The lowest BCUT2D eigenvalue weighted by molar-refractivity contribution is -0.145. The van der Waals surface area contributed by atoms with Crippen molar-refractivity contribution in [3.63, 3.8) is 0 Å². The van der Waals surface area contributed by atoms with Crippen LogP contribution in [-0.4, -0.2) is 35.0 Å². The Hall–Kier alpha value is -1.91. The molecule has 0 radical (unpaired) electrons. The normalized spacial score (nSPS) is 22.6. The predicted molar refractivity (Wildman–Crippen MR) is 71.9 cm³/mol. The zero-order valence-electron chi connectivity index (χ0n) is 11.6. The molecule has 1 aromatic rings. The van der Waals surface area contributed by atoms with Crippen molar-refractivity contribution in [2.24, 2.45) is 11.8 Å². The summed E-state index contributed by atoms with van der Waals surface area (Å²) in [4.78, 5) is 24.9. The van der Waals surface area contributed by atoms with Crippen LogP contribution in [0.4, 0.5) is 4.39 Å². The van der Waals surface area contributed by atoms with Crippen molar-refractivity contribution in [2.45, 2.75) is 20.3 Å². The van der Waals surface area contributed by atoms with Gasteiger partial charge in [-0.1, -0.05) is 13.0 Å². The smallest absolute Gasteiger partial charge is 0.306 e. The van der Waals surface area contributed by atoms with Gasteiger partial charge in [-0.05, 0) is 37.0 Å². The van der Waals surface area contributed by atoms with E-state index in [4.69, 9.17) is 5.11 Å². The van der Waals surface area contributed by atoms with Crippen LogP contribution in [0, 0.1) is 24.6 Å². The molecule has 2 rings (SSSR count). The summed E-state index contributed by atoms with van der Waals surface area (Å²) in [6, 6.07) is 4.43. The van der Waals surface area contributed by atoms with Gasteiger partial charge >= 0.3 is 5.97 Å². The number of amides is 1. The summed E-state index contributed by atoms with van der Waals surface area (Å²) >= 11 is 0. The van der Waals surface area contributed by atoms with Gasteiger partial charge in [0, 0.05) is 18.7 Å². The van der Waals surface area contributed by atoms with Gasteiger partial charge in [0.05, 0.1) is 5.92 Å². The molecule has 1 saturated heterocycles. The highest BCUT2D eigenvalue weighted by molar-refractivity contribution is 5.94. The molecule has 2 atom stereocenters. The lowest BCUT2D eigenvalue weighted by atomic mass is 9.87. The van der Waals surface area contributed by atoms with E-state index in [1.165, 1.54) is 6.07 Å². The number of piperidine rings is 1. The summed E-state index contributed by atoms with van der Waals surface area (Å²) in [6.07, 6.45) is 0.441. The molecule has 1 aliphatic rings. The van der Waals surface area contributed by atoms with Gasteiger partial charge in [-0.15, -0.1) is 0 Å². The number of benzene rings is 1. The Kier molecular flexibility index (Phi) is 4.06. The van der Waals surface area contributed by atoms with Gasteiger partial charge in [0.1, 0.15) is 5.82 Å². The second-order valence-corrected chi connectivity index (χ2v) is 5.43. The molecule has 20 heavy (non-hydrogen) atoms. The van der Waals surface area contributed by atoms with Crippen molar-refractivity contribution >= 4 is 11.9 Å². The third-order valence-corrected chi connectivity index (χ3v) is 3.93. The monoisotopic (exact) mass is 279 g/mol. The Bertz CT molecular complexity index is 544. The number of carboxylic acid groups (broad SMARTS) is 1. The van der Waals surface area contributed by atoms with Gasteiger partial charge in [-0.3, -0.25) is 9.59 Å². The van der Waals surface area contributed by atoms with E-state index >= 15 is 0 Å². The van der Waals surface area contributed by atoms with Crippen molar-refractivity contribution < 1.29 is 19.1 Å². The molecule has 4 nitrogen and oxygen atoms in total. The number of likely N-dealkylation sites (tertiary alicyclic amines) is 1. The first-order chi connectivity index (χ1) is 9.40. The molecule has 0 spiro atoms. The van der Waals surface area contributed by atoms with E-state index in [1.807, 2.05) is 6.92 Å². The van der Waals surface area contributed by atoms with Crippen LogP contribution in [0.5, 0.6) is 0 Å². The van der Waals surface area contributed by atoms with E-state index in [2.05, 4.69) is 0 Å². The molecule has 1 fully saturated rings. The zero-order chi connectivity index (χ0) is 14.9. The van der Waals surface area contributed by atoms with E-state index in [1.54, 1.807) is 24.0 Å². The lowest BCUT2D eigenvalue weighted by Crippen LogP contribution is -2.45. The van der Waals surface area contributed by atoms with Crippen molar-refractivity contribution in [2.75, 3.05) is 13.1 Å². The van der Waals surface area contributed by atoms with E-state index in [9.17, 15) is 14.0 Å². The molecular weight excluding hydrogens is 261 g/mol. The molecule has 5 heteroatoms. The number of rotatable bonds is 2. The fraction of sp³-hybridized carbons (Fsp3) is 0.467. The SMILES string of the molecule is Cc1ccc(C(=O)N2CCC(C(=O)O)C(C)C2)cc1F. The number of aryl methyl sites for hydroxylation is 1. The fourth-order valence-corrected chi connectivity index (χ4v) is 2.61. The van der Waals surface area contributed by atoms with Crippen molar-refractivity contribution in [1.82, 2.24) is 4.90 Å². The summed E-state index contributed by atoms with van der Waals surface area (Å²) in [7, 11) is 0. The first-order valence-corrected chi connectivity index (χ1v) is 6.68. The number of carbonyl (C=O) groups is 2. The fourth-order valence-electron chi connectivity index (χ4n) is 2.61. The highest BCUT2D eigenvalue weighted by Gasteiger charge is 2.33. The van der Waals surface area contributed by atoms with Gasteiger partial charge in [-0.25, -0.2) is 4.39 Å². The Labute approximate surface area is 117 Å². The Balaban J connectivity index is 2.11. The van der Waals surface area contributed by atoms with Gasteiger partial charge in [0.2, 0.25) is 0 Å². The maximum absolute atomic E-state index is 13.5. The molecule has 0 aromatic heterocycles. The van der Waals surface area contributed by atoms with Crippen LogP contribution >= 0.6 is 0 Å². The number of aliphatic carboxylic acids is 1. The molecule has 1 heterocycles. The van der Waals surface area contributed by atoms with Crippen LogP contribution in [0.25, 0.3) is 0 Å². The standard InChI is InChI=1S/C15H18FNO3/c1-9-3-4-11(7-13(9)16)14(18)17-6-5-12(15(19)20)10(2)8-17/h3-4,7,10,12H,5-6,8H2,1-2H3,(H,19,20). The predicted octanol–water partition coefficient (Wildman–Crippen LogP) is 2.32. The third kappa shape index (κ3) is 2.81. The lowest BCUT2D eigenvalue weighted by Gasteiger charge is -2.35. The quantitative estimate of drug-likeness (QED) is 0.903. The van der Waals surface area contributed by atoms with Crippen molar-refractivity contribution in [1.29, 1.82) is 0 Å². The first kappa shape index (κ1) is 14.5. The largest absolute Gasteiger partial charge is 0.481 e. The number of hydrogen-bond donors (Lipinski definition) is 1. The van der Waals surface area contributed by atoms with Gasteiger partial charge in [0.15, 0.2) is 0 Å². The van der Waals surface area contributed by atoms with E-state index in [0.29, 0.717) is 30.6 Å². The Morgan fingerprint density at radius 3 is 2.65 bits per heavy atom. The number of halogens is 1. The second kappa shape index (κ2) is 5.61. The van der Waals surface area contributed by atoms with E-state index < -0.39 is 17.7 Å². The molecule has 1 aromatic carbocycles. The van der Waals surface area contributed by atoms with E-state index in [0.717, 1.165) is 0 Å². The zero-order valence-corrected chi connectivity index (χ0v) is 11.6. The average molecular weight is 279 g/mol. The number of hydrogen-bond acceptors (Lipinski definition) is 2. The Morgan fingerprint density at radius 1 is 1.40 bits per heavy atom. The van der Waals surface area contributed by atoms with E-state index in [-0.39, 0.29) is 11.8 Å². The van der Waals surface area contributed by atoms with Crippen LogP contribution in [0.15, 0.2) is 18.2 Å². The van der Waals surface area contributed by atoms with Gasteiger partial charge in [-0.2, -0.15) is 0 Å². The van der Waals surface area contributed by atoms with Crippen molar-refractivity contribution in [3.8, 4) is 0 Å². The van der Waals surface area contributed by atoms with Crippen LogP contribution in [0.1, 0.15) is 29.3 Å². The molecule has 0 aliphatic carbocycles. The minimum absolute atomic E-state index is 0.0968. The molecule has 108 valence electrons. The summed E-state index contributed by atoms with van der Waals surface area (Å²) < 4.78 is 13.5. The van der Waals surface area contributed by atoms with Crippen LogP contribution in [-0.2, 0) is 4.79 Å². The topological polar surface area (TPSA) is 57.6 Å². The number of nitrogens with zero attached hydrogens (tertiary/aromatic N) is 1. The summed E-state index contributed by atoms with van der Waals surface area (Å²) in [6.45, 7) is 4.26. The van der Waals surface area contributed by atoms with Crippen LogP contribution in [0.3, 0.4) is 0 Å². The minimum atomic E-state index is -0.814. The molecule has 2 unspecified atom stereocenters. The maximum atomic E-state index is 13.5. The third-order valence-electron chi connectivity index (χ3n) is 3.93. The highest BCUT2D eigenvalue weighted by Crippen LogP contribution is 2.25. The minimum Gasteiger partial charge on any atom is -0.481 e. The van der Waals surface area contributed by atoms with Crippen molar-refractivity contribution in [3.05, 3.63) is 35.1 Å². The van der Waals surface area contributed by atoms with Gasteiger partial charge in [0.25, 0.3) is 5.91 Å². The highest BCUT2D eigenvalue weighted by atomic mass is 19.1. The number of carboxylic acids is 1. The summed E-state index contributed by atoms with van der Waals surface area (Å²) in [5.41, 5.74) is 0.813. The molecular formula is C15H18FNO3. The maximum Gasteiger partial charge on any atom is 0.306 e. The van der Waals surface area contributed by atoms with Crippen LogP contribution < -0.4 is 0 Å². The molecule has 0 bridgehead atoms. The Morgan fingerprint density at radius 2 is 2.10 bits per heavy atom.